The van der Waals surface area contributed by atoms with Crippen molar-refractivity contribution in [3.8, 4) is 28.8 Å². The number of carbonyl (C=O) groups excluding carboxylic acids is 1. The number of nitrogens with one attached hydrogen (secondary N) is 2. The molecule has 0 aliphatic rings. The number of ether oxygens (including phenoxy) is 3. The van der Waals surface area contributed by atoms with E-state index < -0.39 is 17.8 Å². The van der Waals surface area contributed by atoms with Gasteiger partial charge in [-0.3, -0.25) is 0 Å². The van der Waals surface area contributed by atoms with Crippen LogP contribution in [-0.2, 0) is 12.8 Å². The Kier molecular flexibility index (Phi) is 8.67. The molecule has 2 amide bonds. The number of methoxy groups -OCH3 is 1. The van der Waals surface area contributed by atoms with Crippen LogP contribution in [0.15, 0.2) is 67.0 Å². The molecule has 0 unspecified atom stereocenters. The number of hydrogen-bond acceptors (Lipinski definition) is 7. The summed E-state index contributed by atoms with van der Waals surface area (Å²) >= 11 is 0. The van der Waals surface area contributed by atoms with Crippen molar-refractivity contribution in [1.29, 1.82) is 0 Å². The van der Waals surface area contributed by atoms with Gasteiger partial charge in [-0.1, -0.05) is 18.2 Å². The Balaban J connectivity index is 1.45. The average molecular weight is 554 g/mol. The summed E-state index contributed by atoms with van der Waals surface area (Å²) in [5.41, 5.74) is 1.32. The van der Waals surface area contributed by atoms with Gasteiger partial charge in [-0.05, 0) is 55.8 Å². The number of amides is 2. The fraction of sp³-hybridized carbons (Fsp3) is 0.214. The fourth-order valence-electron chi connectivity index (χ4n) is 3.58. The Morgan fingerprint density at radius 3 is 2.42 bits per heavy atom. The van der Waals surface area contributed by atoms with Crippen molar-refractivity contribution in [3.05, 3.63) is 83.8 Å². The lowest BCUT2D eigenvalue weighted by molar-refractivity contribution is -0.137. The number of carbonyl (C=O) groups is 1. The van der Waals surface area contributed by atoms with Crippen LogP contribution in [0.1, 0.15) is 23.7 Å². The van der Waals surface area contributed by atoms with E-state index in [0.717, 1.165) is 23.4 Å². The molecule has 0 saturated heterocycles. The zero-order valence-electron chi connectivity index (χ0n) is 21.9. The van der Waals surface area contributed by atoms with Crippen molar-refractivity contribution in [3.63, 3.8) is 0 Å². The molecule has 2 heterocycles. The SMILES string of the molecule is CCOc1cc(-c2ncc(NC(=O)Nc3cccc(C(F)(F)F)c3)c(C)n2)cnc1OCc1ccc(OC)cc1. The molecule has 0 fully saturated rings. The number of aromatic nitrogens is 3. The third-order valence-electron chi connectivity index (χ3n) is 5.59. The standard InChI is InChI=1S/C28H26F3N5O4/c1-4-39-24-12-19(14-33-26(24)40-16-18-8-10-22(38-3)11-9-18)25-32-15-23(17(2)34-25)36-27(37)35-21-7-5-6-20(13-21)28(29,30)31/h5-15H,4,16H2,1-3H3,(H2,35,36,37). The first-order valence-electron chi connectivity index (χ1n) is 12.1. The van der Waals surface area contributed by atoms with Gasteiger partial charge in [0.1, 0.15) is 12.4 Å². The van der Waals surface area contributed by atoms with Crippen LogP contribution in [0.2, 0.25) is 0 Å². The summed E-state index contributed by atoms with van der Waals surface area (Å²) < 4.78 is 55.6. The van der Waals surface area contributed by atoms with Crippen molar-refractivity contribution >= 4 is 17.4 Å². The molecule has 12 heteroatoms. The van der Waals surface area contributed by atoms with Crippen LogP contribution in [-0.4, -0.2) is 34.7 Å². The first-order chi connectivity index (χ1) is 19.2. The van der Waals surface area contributed by atoms with Crippen LogP contribution in [0.4, 0.5) is 29.3 Å². The number of pyridine rings is 1. The number of benzene rings is 2. The van der Waals surface area contributed by atoms with Crippen LogP contribution in [0, 0.1) is 6.92 Å². The first-order valence-corrected chi connectivity index (χ1v) is 12.1. The summed E-state index contributed by atoms with van der Waals surface area (Å²) in [6.07, 6.45) is -1.57. The number of halogens is 3. The molecule has 4 aromatic rings. The fourth-order valence-corrected chi connectivity index (χ4v) is 3.58. The zero-order chi connectivity index (χ0) is 28.7. The summed E-state index contributed by atoms with van der Waals surface area (Å²) in [7, 11) is 1.60. The molecule has 0 saturated carbocycles. The predicted molar refractivity (Wildman–Crippen MR) is 143 cm³/mol. The van der Waals surface area contributed by atoms with Gasteiger partial charge in [0, 0.05) is 17.4 Å². The van der Waals surface area contributed by atoms with Gasteiger partial charge in [0.15, 0.2) is 11.6 Å². The summed E-state index contributed by atoms with van der Waals surface area (Å²) in [6.45, 7) is 4.16. The molecule has 0 radical (unpaired) electrons. The van der Waals surface area contributed by atoms with Gasteiger partial charge < -0.3 is 24.8 Å². The Morgan fingerprint density at radius 1 is 0.975 bits per heavy atom. The average Bonchev–Trinajstić information content (AvgIpc) is 2.93. The van der Waals surface area contributed by atoms with Gasteiger partial charge in [-0.25, -0.2) is 19.7 Å². The Hall–Kier alpha value is -4.87. The van der Waals surface area contributed by atoms with Crippen molar-refractivity contribution in [2.45, 2.75) is 26.6 Å². The topological polar surface area (TPSA) is 107 Å². The highest BCUT2D eigenvalue weighted by Crippen LogP contribution is 2.32. The highest BCUT2D eigenvalue weighted by Gasteiger charge is 2.30. The number of rotatable bonds is 9. The summed E-state index contributed by atoms with van der Waals surface area (Å²) in [5.74, 6) is 1.80. The van der Waals surface area contributed by atoms with Crippen molar-refractivity contribution in [2.75, 3.05) is 24.4 Å². The maximum atomic E-state index is 12.9. The van der Waals surface area contributed by atoms with E-state index in [2.05, 4.69) is 25.6 Å². The lowest BCUT2D eigenvalue weighted by Crippen LogP contribution is -2.21. The van der Waals surface area contributed by atoms with E-state index in [1.165, 1.54) is 18.3 Å². The van der Waals surface area contributed by atoms with E-state index >= 15 is 0 Å². The van der Waals surface area contributed by atoms with Crippen LogP contribution in [0.5, 0.6) is 17.4 Å². The van der Waals surface area contributed by atoms with Crippen molar-refractivity contribution in [1.82, 2.24) is 15.0 Å². The van der Waals surface area contributed by atoms with Gasteiger partial charge in [0.05, 0.1) is 36.9 Å². The molecule has 2 aromatic carbocycles. The van der Waals surface area contributed by atoms with E-state index in [4.69, 9.17) is 14.2 Å². The summed E-state index contributed by atoms with van der Waals surface area (Å²) in [5, 5.41) is 4.93. The number of alkyl halides is 3. The monoisotopic (exact) mass is 553 g/mol. The zero-order valence-corrected chi connectivity index (χ0v) is 21.9. The van der Waals surface area contributed by atoms with Gasteiger partial charge >= 0.3 is 12.2 Å². The molecular formula is C28H26F3N5O4. The normalized spacial score (nSPS) is 11.1. The van der Waals surface area contributed by atoms with Crippen LogP contribution in [0.3, 0.4) is 0 Å². The molecule has 0 spiro atoms. The molecule has 2 aromatic heterocycles. The second-order valence-corrected chi connectivity index (χ2v) is 8.45. The minimum Gasteiger partial charge on any atom is -0.497 e. The molecule has 2 N–H and O–H groups in total. The summed E-state index contributed by atoms with van der Waals surface area (Å²) in [6, 6.07) is 12.8. The highest BCUT2D eigenvalue weighted by atomic mass is 19.4. The van der Waals surface area contributed by atoms with E-state index in [1.54, 1.807) is 26.3 Å². The van der Waals surface area contributed by atoms with E-state index in [0.29, 0.717) is 35.3 Å². The molecule has 40 heavy (non-hydrogen) atoms. The molecular weight excluding hydrogens is 527 g/mol. The molecule has 208 valence electrons. The number of urea groups is 1. The maximum absolute atomic E-state index is 12.9. The van der Waals surface area contributed by atoms with E-state index in [-0.39, 0.29) is 18.0 Å². The predicted octanol–water partition coefficient (Wildman–Crippen LogP) is 6.50. The molecule has 0 aliphatic carbocycles. The smallest absolute Gasteiger partial charge is 0.416 e. The molecule has 0 aliphatic heterocycles. The quantitative estimate of drug-likeness (QED) is 0.244. The lowest BCUT2D eigenvalue weighted by Gasteiger charge is -2.13. The second-order valence-electron chi connectivity index (χ2n) is 8.45. The lowest BCUT2D eigenvalue weighted by atomic mass is 10.2. The van der Waals surface area contributed by atoms with Crippen molar-refractivity contribution in [2.24, 2.45) is 0 Å². The van der Waals surface area contributed by atoms with Crippen LogP contribution in [0.25, 0.3) is 11.4 Å². The molecule has 9 nitrogen and oxygen atoms in total. The largest absolute Gasteiger partial charge is 0.497 e. The highest BCUT2D eigenvalue weighted by molar-refractivity contribution is 6.00. The van der Waals surface area contributed by atoms with Crippen LogP contribution >= 0.6 is 0 Å². The maximum Gasteiger partial charge on any atom is 0.416 e. The van der Waals surface area contributed by atoms with Gasteiger partial charge in [0.2, 0.25) is 0 Å². The third kappa shape index (κ3) is 7.16. The minimum atomic E-state index is -4.52. The van der Waals surface area contributed by atoms with Crippen LogP contribution < -0.4 is 24.8 Å². The van der Waals surface area contributed by atoms with E-state index in [1.807, 2.05) is 31.2 Å². The molecule has 4 rings (SSSR count). The number of nitrogens with zero attached hydrogens (tertiary/aromatic N) is 3. The third-order valence-corrected chi connectivity index (χ3v) is 5.59. The Labute approximate surface area is 228 Å². The number of anilines is 2. The van der Waals surface area contributed by atoms with Gasteiger partial charge in [-0.2, -0.15) is 13.2 Å². The first kappa shape index (κ1) is 28.1. The van der Waals surface area contributed by atoms with Gasteiger partial charge in [0.25, 0.3) is 5.88 Å². The second kappa shape index (κ2) is 12.3. The van der Waals surface area contributed by atoms with E-state index in [9.17, 15) is 18.0 Å². The molecule has 0 atom stereocenters. The van der Waals surface area contributed by atoms with Crippen molar-refractivity contribution < 1.29 is 32.2 Å². The number of aryl methyl sites for hydroxylation is 1. The summed E-state index contributed by atoms with van der Waals surface area (Å²) in [4.78, 5) is 25.5. The number of hydrogen-bond donors (Lipinski definition) is 2. The Morgan fingerprint density at radius 2 is 1.75 bits per heavy atom. The minimum absolute atomic E-state index is 0.00801. The van der Waals surface area contributed by atoms with Gasteiger partial charge in [-0.15, -0.1) is 0 Å². The Bertz CT molecular complexity index is 1480. The molecule has 0 bridgehead atoms.